The van der Waals surface area contributed by atoms with E-state index in [4.69, 9.17) is 5.11 Å². The number of aliphatic carboxylic acids is 1. The largest absolute Gasteiger partial charge is 0.481 e. The predicted octanol–water partition coefficient (Wildman–Crippen LogP) is 2.06. The van der Waals surface area contributed by atoms with E-state index in [1.54, 1.807) is 11.3 Å². The minimum Gasteiger partial charge on any atom is -0.481 e. The average molecular weight is 262 g/mol. The minimum absolute atomic E-state index is 0.0779. The molecule has 94 valence electrons. The summed E-state index contributed by atoms with van der Waals surface area (Å²) in [6, 6.07) is 7.63. The second-order valence-corrected chi connectivity index (χ2v) is 4.93. The van der Waals surface area contributed by atoms with E-state index in [0.717, 1.165) is 24.2 Å². The molecule has 0 saturated heterocycles. The molecular weight excluding hydrogens is 248 g/mol. The summed E-state index contributed by atoms with van der Waals surface area (Å²) in [6.07, 6.45) is 1.93. The number of nitrogens with one attached hydrogen (secondary N) is 1. The van der Waals surface area contributed by atoms with Gasteiger partial charge in [-0.1, -0.05) is 24.3 Å². The Balaban J connectivity index is 1.81. The lowest BCUT2D eigenvalue weighted by molar-refractivity contribution is -0.136. The van der Waals surface area contributed by atoms with Gasteiger partial charge in [-0.2, -0.15) is 0 Å². The molecule has 2 aromatic rings. The number of hydrogen-bond acceptors (Lipinski definition) is 4. The zero-order chi connectivity index (χ0) is 12.8. The third-order valence-electron chi connectivity index (χ3n) is 2.49. The molecule has 0 spiro atoms. The third-order valence-corrected chi connectivity index (χ3v) is 3.27. The van der Waals surface area contributed by atoms with Crippen LogP contribution in [0, 0.1) is 0 Å². The molecule has 1 aromatic carbocycles. The molecule has 0 bridgehead atoms. The number of carboxylic acids is 1. The highest BCUT2D eigenvalue weighted by Gasteiger charge is 2.00. The molecule has 1 heterocycles. The molecule has 1 aromatic heterocycles. The van der Waals surface area contributed by atoms with Crippen LogP contribution >= 0.6 is 11.3 Å². The molecule has 2 rings (SSSR count). The second kappa shape index (κ2) is 6.28. The van der Waals surface area contributed by atoms with Crippen LogP contribution in [0.5, 0.6) is 0 Å². The molecule has 18 heavy (non-hydrogen) atoms. The van der Waals surface area contributed by atoms with Gasteiger partial charge in [0, 0.05) is 24.2 Å². The van der Waals surface area contributed by atoms with Gasteiger partial charge in [-0.15, -0.1) is 11.3 Å². The first kappa shape index (κ1) is 12.7. The summed E-state index contributed by atoms with van der Waals surface area (Å²) in [5.74, 6) is -0.800. The maximum absolute atomic E-state index is 10.5. The van der Waals surface area contributed by atoms with E-state index in [1.165, 1.54) is 4.88 Å². The maximum atomic E-state index is 10.5. The molecule has 0 unspecified atom stereocenters. The summed E-state index contributed by atoms with van der Waals surface area (Å²) >= 11 is 1.63. The van der Waals surface area contributed by atoms with Crippen LogP contribution in [0.1, 0.15) is 16.0 Å². The lowest BCUT2D eigenvalue weighted by Gasteiger charge is -2.04. The first-order valence-corrected chi connectivity index (χ1v) is 6.49. The van der Waals surface area contributed by atoms with Crippen molar-refractivity contribution in [1.82, 2.24) is 10.3 Å². The van der Waals surface area contributed by atoms with Crippen molar-refractivity contribution >= 4 is 17.3 Å². The van der Waals surface area contributed by atoms with Crippen molar-refractivity contribution in [1.29, 1.82) is 0 Å². The zero-order valence-electron chi connectivity index (χ0n) is 9.80. The van der Waals surface area contributed by atoms with E-state index in [2.05, 4.69) is 10.3 Å². The average Bonchev–Trinajstić information content (AvgIpc) is 2.84. The third kappa shape index (κ3) is 3.94. The van der Waals surface area contributed by atoms with Crippen LogP contribution in [-0.2, 0) is 24.3 Å². The standard InChI is InChI=1S/C13H14N2O2S/c16-13(17)5-10-1-3-11(4-2-10)6-14-7-12-8-15-9-18-12/h1-4,8-9,14H,5-7H2,(H,16,17). The summed E-state index contributed by atoms with van der Waals surface area (Å²) in [4.78, 5) is 15.8. The van der Waals surface area contributed by atoms with Crippen LogP contribution in [0.25, 0.3) is 0 Å². The van der Waals surface area contributed by atoms with Crippen molar-refractivity contribution in [2.45, 2.75) is 19.5 Å². The van der Waals surface area contributed by atoms with Crippen molar-refractivity contribution in [3.63, 3.8) is 0 Å². The van der Waals surface area contributed by atoms with Gasteiger partial charge in [0.15, 0.2) is 0 Å². The Hall–Kier alpha value is -1.72. The number of rotatable bonds is 6. The Bertz CT molecular complexity index is 494. The summed E-state index contributed by atoms with van der Waals surface area (Å²) in [6.45, 7) is 1.58. The van der Waals surface area contributed by atoms with Crippen molar-refractivity contribution < 1.29 is 9.90 Å². The van der Waals surface area contributed by atoms with Crippen LogP contribution < -0.4 is 5.32 Å². The number of aromatic nitrogens is 1. The van der Waals surface area contributed by atoms with Gasteiger partial charge in [0.25, 0.3) is 0 Å². The summed E-state index contributed by atoms with van der Waals surface area (Å²) in [5.41, 5.74) is 3.79. The van der Waals surface area contributed by atoms with Crippen LogP contribution in [0.4, 0.5) is 0 Å². The molecule has 0 aliphatic carbocycles. The van der Waals surface area contributed by atoms with E-state index in [1.807, 2.05) is 36.0 Å². The van der Waals surface area contributed by atoms with Crippen LogP contribution in [0.2, 0.25) is 0 Å². The molecule has 4 nitrogen and oxygen atoms in total. The van der Waals surface area contributed by atoms with E-state index in [0.29, 0.717) is 0 Å². The maximum Gasteiger partial charge on any atom is 0.307 e. The van der Waals surface area contributed by atoms with Gasteiger partial charge in [0.1, 0.15) is 0 Å². The highest BCUT2D eigenvalue weighted by molar-refractivity contribution is 7.09. The van der Waals surface area contributed by atoms with E-state index in [-0.39, 0.29) is 6.42 Å². The van der Waals surface area contributed by atoms with Crippen molar-refractivity contribution in [2.75, 3.05) is 0 Å². The van der Waals surface area contributed by atoms with E-state index in [9.17, 15) is 4.79 Å². The van der Waals surface area contributed by atoms with Gasteiger partial charge in [0.2, 0.25) is 0 Å². The smallest absolute Gasteiger partial charge is 0.307 e. The lowest BCUT2D eigenvalue weighted by atomic mass is 10.1. The van der Waals surface area contributed by atoms with Crippen LogP contribution in [0.15, 0.2) is 36.0 Å². The van der Waals surface area contributed by atoms with Crippen molar-refractivity contribution in [3.8, 4) is 0 Å². The predicted molar refractivity (Wildman–Crippen MR) is 70.4 cm³/mol. The minimum atomic E-state index is -0.800. The summed E-state index contributed by atoms with van der Waals surface area (Å²) in [5, 5.41) is 12.0. The fourth-order valence-corrected chi connectivity index (χ4v) is 2.17. The van der Waals surface area contributed by atoms with Crippen molar-refractivity contribution in [2.24, 2.45) is 0 Å². The van der Waals surface area contributed by atoms with Gasteiger partial charge in [-0.05, 0) is 11.1 Å². The number of carbonyl (C=O) groups is 1. The highest BCUT2D eigenvalue weighted by atomic mass is 32.1. The van der Waals surface area contributed by atoms with Gasteiger partial charge in [-0.25, -0.2) is 0 Å². The molecule has 0 fully saturated rings. The first-order chi connectivity index (χ1) is 8.74. The molecule has 5 heteroatoms. The fraction of sp³-hybridized carbons (Fsp3) is 0.231. The first-order valence-electron chi connectivity index (χ1n) is 5.62. The van der Waals surface area contributed by atoms with Gasteiger partial charge in [0.05, 0.1) is 11.9 Å². The number of benzene rings is 1. The normalized spacial score (nSPS) is 10.4. The highest BCUT2D eigenvalue weighted by Crippen LogP contribution is 2.07. The number of carboxylic acid groups (broad SMARTS) is 1. The topological polar surface area (TPSA) is 62.2 Å². The Labute approximate surface area is 109 Å². The Morgan fingerprint density at radius 3 is 2.56 bits per heavy atom. The Morgan fingerprint density at radius 2 is 1.94 bits per heavy atom. The SMILES string of the molecule is O=C(O)Cc1ccc(CNCc2cncs2)cc1. The molecule has 0 amide bonds. The zero-order valence-corrected chi connectivity index (χ0v) is 10.6. The number of thiazole rings is 1. The quantitative estimate of drug-likeness (QED) is 0.836. The van der Waals surface area contributed by atoms with Crippen molar-refractivity contribution in [3.05, 3.63) is 52.0 Å². The molecule has 0 radical (unpaired) electrons. The second-order valence-electron chi connectivity index (χ2n) is 3.96. The van der Waals surface area contributed by atoms with E-state index >= 15 is 0 Å². The summed E-state index contributed by atoms with van der Waals surface area (Å²) < 4.78 is 0. The van der Waals surface area contributed by atoms with Gasteiger partial charge in [-0.3, -0.25) is 9.78 Å². The monoisotopic (exact) mass is 262 g/mol. The van der Waals surface area contributed by atoms with Gasteiger partial charge < -0.3 is 10.4 Å². The van der Waals surface area contributed by atoms with Crippen LogP contribution in [-0.4, -0.2) is 16.1 Å². The number of nitrogens with zero attached hydrogens (tertiary/aromatic N) is 1. The Kier molecular flexibility index (Phi) is 4.44. The van der Waals surface area contributed by atoms with E-state index < -0.39 is 5.97 Å². The molecular formula is C13H14N2O2S. The lowest BCUT2D eigenvalue weighted by Crippen LogP contribution is -2.11. The van der Waals surface area contributed by atoms with Crippen LogP contribution in [0.3, 0.4) is 0 Å². The molecule has 0 saturated carbocycles. The number of hydrogen-bond donors (Lipinski definition) is 2. The molecule has 2 N–H and O–H groups in total. The Morgan fingerprint density at radius 1 is 1.22 bits per heavy atom. The molecule has 0 aliphatic rings. The molecule has 0 atom stereocenters. The molecule has 0 aliphatic heterocycles. The van der Waals surface area contributed by atoms with Gasteiger partial charge >= 0.3 is 5.97 Å². The fourth-order valence-electron chi connectivity index (χ4n) is 1.61. The summed E-state index contributed by atoms with van der Waals surface area (Å²) in [7, 11) is 0.